The van der Waals surface area contributed by atoms with Crippen molar-refractivity contribution in [2.75, 3.05) is 41.5 Å². The third kappa shape index (κ3) is 6.20. The number of nitrogens with one attached hydrogen (secondary N) is 2. The van der Waals surface area contributed by atoms with E-state index in [9.17, 15) is 0 Å². The molecule has 0 radical (unpaired) electrons. The van der Waals surface area contributed by atoms with Gasteiger partial charge in [0.05, 0.1) is 21.3 Å². The number of hydrogen-bond acceptors (Lipinski definition) is 5. The van der Waals surface area contributed by atoms with Gasteiger partial charge in [0.15, 0.2) is 5.96 Å². The lowest BCUT2D eigenvalue weighted by Gasteiger charge is -2.16. The number of guanidine groups is 1. The molecule has 0 amide bonds. The van der Waals surface area contributed by atoms with Gasteiger partial charge in [-0.25, -0.2) is 4.98 Å². The number of halogens is 1. The summed E-state index contributed by atoms with van der Waals surface area (Å²) < 4.78 is 16.3. The van der Waals surface area contributed by atoms with Gasteiger partial charge >= 0.3 is 0 Å². The largest absolute Gasteiger partial charge is 0.496 e. The molecule has 0 aliphatic heterocycles. The molecule has 0 bridgehead atoms. The van der Waals surface area contributed by atoms with Gasteiger partial charge in [-0.05, 0) is 24.5 Å². The molecule has 28 heavy (non-hydrogen) atoms. The number of pyridine rings is 1. The Labute approximate surface area is 171 Å². The highest BCUT2D eigenvalue weighted by molar-refractivity contribution is 6.29. The van der Waals surface area contributed by atoms with Crippen molar-refractivity contribution in [1.29, 1.82) is 0 Å². The van der Waals surface area contributed by atoms with Crippen LogP contribution in [0.1, 0.15) is 11.1 Å². The molecular formula is C20H27ClN4O3. The lowest BCUT2D eigenvalue weighted by molar-refractivity contribution is 0.368. The predicted octanol–water partition coefficient (Wildman–Crippen LogP) is 2.71. The molecule has 1 heterocycles. The summed E-state index contributed by atoms with van der Waals surface area (Å²) >= 11 is 5.81. The Morgan fingerprint density at radius 1 is 1.00 bits per heavy atom. The lowest BCUT2D eigenvalue weighted by atomic mass is 10.1. The van der Waals surface area contributed by atoms with Crippen LogP contribution in [0.25, 0.3) is 0 Å². The zero-order valence-corrected chi connectivity index (χ0v) is 17.5. The second kappa shape index (κ2) is 11.2. The fourth-order valence-corrected chi connectivity index (χ4v) is 2.84. The average Bonchev–Trinajstić information content (AvgIpc) is 2.73. The summed E-state index contributed by atoms with van der Waals surface area (Å²) in [6.45, 7) is 1.40. The number of nitrogens with zero attached hydrogens (tertiary/aromatic N) is 2. The van der Waals surface area contributed by atoms with Gasteiger partial charge < -0.3 is 24.8 Å². The number of rotatable bonds is 9. The van der Waals surface area contributed by atoms with Gasteiger partial charge in [0.1, 0.15) is 22.4 Å². The van der Waals surface area contributed by atoms with E-state index < -0.39 is 0 Å². The smallest absolute Gasteiger partial charge is 0.190 e. The summed E-state index contributed by atoms with van der Waals surface area (Å²) in [7, 11) is 6.63. The van der Waals surface area contributed by atoms with Crippen molar-refractivity contribution in [3.8, 4) is 17.2 Å². The summed E-state index contributed by atoms with van der Waals surface area (Å²) in [6, 6.07) is 7.46. The van der Waals surface area contributed by atoms with Crippen LogP contribution in [0.3, 0.4) is 0 Å². The Bertz CT molecular complexity index is 757. The van der Waals surface area contributed by atoms with Gasteiger partial charge in [0.2, 0.25) is 0 Å². The second-order valence-corrected chi connectivity index (χ2v) is 6.31. The number of ether oxygens (including phenoxy) is 3. The molecule has 0 aliphatic rings. The lowest BCUT2D eigenvalue weighted by Crippen LogP contribution is -2.39. The molecule has 0 saturated carbocycles. The molecular weight excluding hydrogens is 380 g/mol. The van der Waals surface area contributed by atoms with Gasteiger partial charge in [-0.3, -0.25) is 4.99 Å². The van der Waals surface area contributed by atoms with Crippen LogP contribution in [-0.4, -0.2) is 52.4 Å². The predicted molar refractivity (Wildman–Crippen MR) is 112 cm³/mol. The molecule has 2 N–H and O–H groups in total. The molecule has 0 spiro atoms. The molecule has 2 rings (SSSR count). The van der Waals surface area contributed by atoms with Gasteiger partial charge in [0.25, 0.3) is 0 Å². The molecule has 0 atom stereocenters. The van der Waals surface area contributed by atoms with Crippen molar-refractivity contribution in [2.24, 2.45) is 4.99 Å². The Balaban J connectivity index is 1.87. The van der Waals surface area contributed by atoms with E-state index in [2.05, 4.69) is 20.6 Å². The Kier molecular flexibility index (Phi) is 8.68. The maximum atomic E-state index is 5.81. The second-order valence-electron chi connectivity index (χ2n) is 5.93. The fraction of sp³-hybridized carbons (Fsp3) is 0.400. The molecule has 7 nitrogen and oxygen atoms in total. The maximum absolute atomic E-state index is 5.81. The van der Waals surface area contributed by atoms with Crippen LogP contribution in [0.5, 0.6) is 17.2 Å². The molecule has 2 aromatic rings. The van der Waals surface area contributed by atoms with Gasteiger partial charge in [0, 0.05) is 44.0 Å². The third-order valence-corrected chi connectivity index (χ3v) is 4.43. The number of methoxy groups -OCH3 is 3. The number of hydrogen-bond donors (Lipinski definition) is 2. The van der Waals surface area contributed by atoms with Crippen LogP contribution < -0.4 is 24.8 Å². The van der Waals surface area contributed by atoms with Crippen molar-refractivity contribution in [3.63, 3.8) is 0 Å². The molecule has 0 saturated heterocycles. The van der Waals surface area contributed by atoms with Crippen LogP contribution in [0.2, 0.25) is 5.15 Å². The molecule has 1 aromatic heterocycles. The molecule has 152 valence electrons. The number of aliphatic imine (C=N–C) groups is 1. The summed E-state index contributed by atoms with van der Waals surface area (Å²) in [5.74, 6) is 2.89. The van der Waals surface area contributed by atoms with Crippen molar-refractivity contribution < 1.29 is 14.2 Å². The quantitative estimate of drug-likeness (QED) is 0.379. The first-order valence-corrected chi connectivity index (χ1v) is 9.32. The highest BCUT2D eigenvalue weighted by Crippen LogP contribution is 2.34. The monoisotopic (exact) mass is 406 g/mol. The third-order valence-electron chi connectivity index (χ3n) is 4.20. The molecule has 8 heteroatoms. The van der Waals surface area contributed by atoms with Crippen LogP contribution in [0.15, 0.2) is 35.5 Å². The highest BCUT2D eigenvalue weighted by Gasteiger charge is 2.13. The zero-order chi connectivity index (χ0) is 20.4. The first kappa shape index (κ1) is 21.6. The van der Waals surface area contributed by atoms with Gasteiger partial charge in [-0.15, -0.1) is 0 Å². The van der Waals surface area contributed by atoms with E-state index in [1.807, 2.05) is 18.2 Å². The van der Waals surface area contributed by atoms with Crippen molar-refractivity contribution >= 4 is 17.6 Å². The van der Waals surface area contributed by atoms with E-state index >= 15 is 0 Å². The van der Waals surface area contributed by atoms with Crippen molar-refractivity contribution in [1.82, 2.24) is 15.6 Å². The number of aromatic nitrogens is 1. The minimum Gasteiger partial charge on any atom is -0.496 e. The van der Waals surface area contributed by atoms with Crippen LogP contribution in [0.4, 0.5) is 0 Å². The first-order valence-electron chi connectivity index (χ1n) is 8.95. The molecule has 1 aromatic carbocycles. The Morgan fingerprint density at radius 3 is 2.14 bits per heavy atom. The van der Waals surface area contributed by atoms with E-state index in [4.69, 9.17) is 25.8 Å². The minimum atomic E-state index is 0.499. The van der Waals surface area contributed by atoms with E-state index in [-0.39, 0.29) is 0 Å². The van der Waals surface area contributed by atoms with Crippen LogP contribution in [0, 0.1) is 0 Å². The summed E-state index contributed by atoms with van der Waals surface area (Å²) in [4.78, 5) is 8.34. The van der Waals surface area contributed by atoms with Crippen LogP contribution >= 0.6 is 11.6 Å². The zero-order valence-electron chi connectivity index (χ0n) is 16.7. The van der Waals surface area contributed by atoms with Gasteiger partial charge in [-0.1, -0.05) is 17.7 Å². The first-order chi connectivity index (χ1) is 13.6. The average molecular weight is 407 g/mol. The molecule has 0 fully saturated rings. The topological polar surface area (TPSA) is 77.0 Å². The normalized spacial score (nSPS) is 11.1. The van der Waals surface area contributed by atoms with E-state index in [1.165, 1.54) is 0 Å². The fourth-order valence-electron chi connectivity index (χ4n) is 2.73. The molecule has 0 aliphatic carbocycles. The highest BCUT2D eigenvalue weighted by atomic mass is 35.5. The Hall–Kier alpha value is -2.67. The summed E-state index contributed by atoms with van der Waals surface area (Å²) in [6.07, 6.45) is 3.31. The number of benzene rings is 1. The van der Waals surface area contributed by atoms with Crippen LogP contribution in [-0.2, 0) is 12.8 Å². The minimum absolute atomic E-state index is 0.499. The SMILES string of the molecule is CN=C(NCCc1ccc(Cl)nc1)NCCc1c(OC)cc(OC)cc1OC. The van der Waals surface area contributed by atoms with E-state index in [0.29, 0.717) is 23.9 Å². The summed E-state index contributed by atoms with van der Waals surface area (Å²) in [5.41, 5.74) is 2.08. The van der Waals surface area contributed by atoms with Gasteiger partial charge in [-0.2, -0.15) is 0 Å². The standard InChI is InChI=1S/C20H27ClN4O3/c1-22-20(23-9-7-14-5-6-19(21)25-13-14)24-10-8-16-17(27-3)11-15(26-2)12-18(16)28-4/h5-6,11-13H,7-10H2,1-4H3,(H2,22,23,24). The van der Waals surface area contributed by atoms with Crippen molar-refractivity contribution in [2.45, 2.75) is 12.8 Å². The molecule has 0 unspecified atom stereocenters. The van der Waals surface area contributed by atoms with E-state index in [0.717, 1.165) is 41.6 Å². The van der Waals surface area contributed by atoms with E-state index in [1.54, 1.807) is 40.6 Å². The summed E-state index contributed by atoms with van der Waals surface area (Å²) in [5, 5.41) is 7.09. The Morgan fingerprint density at radius 2 is 1.64 bits per heavy atom. The van der Waals surface area contributed by atoms with Crippen molar-refractivity contribution in [3.05, 3.63) is 46.7 Å². The maximum Gasteiger partial charge on any atom is 0.190 e.